The largest absolute Gasteiger partial charge is 0.450 e. The van der Waals surface area contributed by atoms with Crippen molar-refractivity contribution in [1.29, 1.82) is 0 Å². The summed E-state index contributed by atoms with van der Waals surface area (Å²) in [5.74, 6) is 0.706. The summed E-state index contributed by atoms with van der Waals surface area (Å²) in [6.07, 6.45) is 5.49. The van der Waals surface area contributed by atoms with Gasteiger partial charge in [-0.25, -0.2) is 9.97 Å². The molecular weight excluding hydrogens is 316 g/mol. The van der Waals surface area contributed by atoms with Gasteiger partial charge in [0.25, 0.3) is 0 Å². The number of hydrogen-bond acceptors (Lipinski definition) is 6. The summed E-state index contributed by atoms with van der Waals surface area (Å²) >= 11 is 0. The first-order valence-electron chi connectivity index (χ1n) is 8.14. The van der Waals surface area contributed by atoms with Crippen molar-refractivity contribution < 1.29 is 4.42 Å². The van der Waals surface area contributed by atoms with Crippen LogP contribution in [0.25, 0.3) is 22.1 Å². The minimum atomic E-state index is 0.170. The molecule has 0 aliphatic rings. The fraction of sp³-hybridized carbons (Fsp3) is 0.278. The van der Waals surface area contributed by atoms with Crippen LogP contribution >= 0.6 is 0 Å². The molecule has 3 aromatic heterocycles. The topological polar surface area (TPSA) is 72.0 Å². The summed E-state index contributed by atoms with van der Waals surface area (Å²) in [6.45, 7) is 0.682. The molecular formula is C18H20N6O. The van der Waals surface area contributed by atoms with Crippen LogP contribution in [0.15, 0.2) is 47.4 Å². The number of aryl methyl sites for hydroxylation is 1. The lowest BCUT2D eigenvalue weighted by molar-refractivity contribution is 0.311. The molecule has 7 heteroatoms. The molecule has 4 aromatic rings. The maximum absolute atomic E-state index is 5.97. The highest BCUT2D eigenvalue weighted by atomic mass is 16.3. The molecule has 128 valence electrons. The summed E-state index contributed by atoms with van der Waals surface area (Å²) in [6, 6.07) is 8.06. The number of anilines is 1. The van der Waals surface area contributed by atoms with Gasteiger partial charge in [-0.3, -0.25) is 4.68 Å². The van der Waals surface area contributed by atoms with Crippen molar-refractivity contribution in [3.8, 4) is 0 Å². The molecule has 25 heavy (non-hydrogen) atoms. The van der Waals surface area contributed by atoms with E-state index in [0.29, 0.717) is 17.9 Å². The Morgan fingerprint density at radius 3 is 2.84 bits per heavy atom. The van der Waals surface area contributed by atoms with Crippen molar-refractivity contribution in [2.75, 3.05) is 26.0 Å². The highest BCUT2D eigenvalue weighted by Crippen LogP contribution is 2.30. The van der Waals surface area contributed by atoms with Gasteiger partial charge in [0, 0.05) is 30.7 Å². The molecule has 1 atom stereocenters. The predicted octanol–water partition coefficient (Wildman–Crippen LogP) is 2.82. The van der Waals surface area contributed by atoms with Gasteiger partial charge in [0.2, 0.25) is 0 Å². The molecule has 0 amide bonds. The maximum Gasteiger partial charge on any atom is 0.196 e. The van der Waals surface area contributed by atoms with Crippen molar-refractivity contribution in [3.05, 3.63) is 48.5 Å². The molecule has 1 unspecified atom stereocenters. The molecule has 1 aromatic carbocycles. The van der Waals surface area contributed by atoms with E-state index in [2.05, 4.69) is 39.4 Å². The van der Waals surface area contributed by atoms with Gasteiger partial charge in [-0.15, -0.1) is 0 Å². The summed E-state index contributed by atoms with van der Waals surface area (Å²) in [5, 5.41) is 8.69. The number of para-hydroxylation sites is 1. The van der Waals surface area contributed by atoms with Crippen LogP contribution in [0.2, 0.25) is 0 Å². The Balaban J connectivity index is 1.66. The average molecular weight is 336 g/mol. The lowest BCUT2D eigenvalue weighted by Crippen LogP contribution is -2.26. The van der Waals surface area contributed by atoms with E-state index in [1.807, 2.05) is 48.4 Å². The van der Waals surface area contributed by atoms with Crippen LogP contribution in [0.1, 0.15) is 11.6 Å². The van der Waals surface area contributed by atoms with E-state index in [0.717, 1.165) is 22.0 Å². The van der Waals surface area contributed by atoms with E-state index < -0.39 is 0 Å². The van der Waals surface area contributed by atoms with Crippen molar-refractivity contribution >= 4 is 27.9 Å². The third kappa shape index (κ3) is 2.83. The van der Waals surface area contributed by atoms with E-state index in [1.54, 1.807) is 6.33 Å². The molecule has 0 aliphatic carbocycles. The molecule has 0 saturated heterocycles. The summed E-state index contributed by atoms with van der Waals surface area (Å²) in [5.41, 5.74) is 3.48. The number of likely N-dealkylation sites (N-methyl/N-ethyl adjacent to an activating group) is 1. The second kappa shape index (κ2) is 6.18. The van der Waals surface area contributed by atoms with Gasteiger partial charge in [-0.05, 0) is 26.2 Å². The lowest BCUT2D eigenvalue weighted by atomic mass is 10.1. The third-order valence-corrected chi connectivity index (χ3v) is 4.35. The van der Waals surface area contributed by atoms with Gasteiger partial charge < -0.3 is 14.6 Å². The Hall–Kier alpha value is -2.93. The number of furan rings is 1. The lowest BCUT2D eigenvalue weighted by Gasteiger charge is -2.23. The minimum Gasteiger partial charge on any atom is -0.450 e. The fourth-order valence-electron chi connectivity index (χ4n) is 3.05. The van der Waals surface area contributed by atoms with Crippen molar-refractivity contribution in [2.45, 2.75) is 6.04 Å². The molecule has 1 N–H and O–H groups in total. The van der Waals surface area contributed by atoms with Gasteiger partial charge in [-0.1, -0.05) is 12.1 Å². The number of nitrogens with one attached hydrogen (secondary N) is 1. The van der Waals surface area contributed by atoms with Crippen LogP contribution < -0.4 is 5.32 Å². The Kier molecular flexibility index (Phi) is 3.85. The first-order valence-corrected chi connectivity index (χ1v) is 8.14. The van der Waals surface area contributed by atoms with Crippen LogP contribution in [-0.2, 0) is 7.05 Å². The monoisotopic (exact) mass is 336 g/mol. The van der Waals surface area contributed by atoms with Gasteiger partial charge in [0.15, 0.2) is 11.4 Å². The second-order valence-corrected chi connectivity index (χ2v) is 6.31. The molecule has 0 bridgehead atoms. The molecule has 3 heterocycles. The standard InChI is InChI=1S/C18H20N6O/c1-23(2)14(12-8-22-24(3)10-12)9-19-18-17-16(20-11-21-18)13-6-4-5-7-15(13)25-17/h4-8,10-11,14H,9H2,1-3H3,(H,19,20,21). The van der Waals surface area contributed by atoms with Crippen LogP contribution in [0.4, 0.5) is 5.82 Å². The fourth-order valence-corrected chi connectivity index (χ4v) is 3.05. The van der Waals surface area contributed by atoms with Crippen molar-refractivity contribution in [3.63, 3.8) is 0 Å². The van der Waals surface area contributed by atoms with Gasteiger partial charge in [0.05, 0.1) is 12.2 Å². The molecule has 0 saturated carbocycles. The number of rotatable bonds is 5. The maximum atomic E-state index is 5.97. The third-order valence-electron chi connectivity index (χ3n) is 4.35. The Labute approximate surface area is 145 Å². The van der Waals surface area contributed by atoms with Gasteiger partial charge >= 0.3 is 0 Å². The Morgan fingerprint density at radius 2 is 2.08 bits per heavy atom. The molecule has 4 rings (SSSR count). The molecule has 0 radical (unpaired) electrons. The number of nitrogens with zero attached hydrogens (tertiary/aromatic N) is 5. The Bertz CT molecular complexity index is 1020. The van der Waals surface area contributed by atoms with Crippen molar-refractivity contribution in [2.24, 2.45) is 7.05 Å². The summed E-state index contributed by atoms with van der Waals surface area (Å²) in [4.78, 5) is 10.9. The van der Waals surface area contributed by atoms with E-state index in [4.69, 9.17) is 4.42 Å². The molecule has 0 aliphatic heterocycles. The summed E-state index contributed by atoms with van der Waals surface area (Å²) < 4.78 is 7.78. The van der Waals surface area contributed by atoms with Crippen molar-refractivity contribution in [1.82, 2.24) is 24.6 Å². The van der Waals surface area contributed by atoms with Gasteiger partial charge in [0.1, 0.15) is 17.4 Å². The number of aromatic nitrogens is 4. The van der Waals surface area contributed by atoms with Crippen LogP contribution in [0.3, 0.4) is 0 Å². The van der Waals surface area contributed by atoms with Gasteiger partial charge in [-0.2, -0.15) is 5.10 Å². The first kappa shape index (κ1) is 15.6. The zero-order valence-electron chi connectivity index (χ0n) is 14.5. The van der Waals surface area contributed by atoms with E-state index in [9.17, 15) is 0 Å². The normalized spacial score (nSPS) is 13.0. The van der Waals surface area contributed by atoms with Crippen LogP contribution in [0, 0.1) is 0 Å². The second-order valence-electron chi connectivity index (χ2n) is 6.31. The van der Waals surface area contributed by atoms with E-state index in [-0.39, 0.29) is 6.04 Å². The van der Waals surface area contributed by atoms with E-state index >= 15 is 0 Å². The summed E-state index contributed by atoms with van der Waals surface area (Å²) in [7, 11) is 6.03. The smallest absolute Gasteiger partial charge is 0.196 e. The molecule has 0 spiro atoms. The highest BCUT2D eigenvalue weighted by Gasteiger charge is 2.18. The molecule has 0 fully saturated rings. The number of benzene rings is 1. The van der Waals surface area contributed by atoms with Crippen LogP contribution in [0.5, 0.6) is 0 Å². The highest BCUT2D eigenvalue weighted by molar-refractivity contribution is 6.05. The molecule has 7 nitrogen and oxygen atoms in total. The predicted molar refractivity (Wildman–Crippen MR) is 97.4 cm³/mol. The zero-order valence-corrected chi connectivity index (χ0v) is 14.5. The first-order chi connectivity index (χ1) is 12.1. The number of fused-ring (bicyclic) bond motifs is 3. The quantitative estimate of drug-likeness (QED) is 0.604. The average Bonchev–Trinajstić information content (AvgIpc) is 3.19. The number of hydrogen-bond donors (Lipinski definition) is 1. The zero-order chi connectivity index (χ0) is 17.4. The van der Waals surface area contributed by atoms with E-state index in [1.165, 1.54) is 0 Å². The SMILES string of the molecule is CN(C)C(CNc1ncnc2c1oc1ccccc12)c1cnn(C)c1. The van der Waals surface area contributed by atoms with Crippen LogP contribution in [-0.4, -0.2) is 45.3 Å². The minimum absolute atomic E-state index is 0.170. The Morgan fingerprint density at radius 1 is 1.24 bits per heavy atom.